The van der Waals surface area contributed by atoms with Crippen LogP contribution in [-0.4, -0.2) is 4.57 Å². The predicted octanol–water partition coefficient (Wildman–Crippen LogP) is 12.0. The number of para-hydroxylation sites is 2. The van der Waals surface area contributed by atoms with E-state index in [0.29, 0.717) is 0 Å². The molecule has 0 unspecified atom stereocenters. The number of rotatable bonds is 8. The molecule has 0 amide bonds. The molecule has 7 rings (SSSR count). The smallest absolute Gasteiger partial charge is 0.0542 e. The molecule has 0 spiro atoms. The molecule has 1 heterocycles. The third-order valence-corrected chi connectivity index (χ3v) is 8.44. The summed E-state index contributed by atoms with van der Waals surface area (Å²) in [5.41, 5.74) is 13.7. The first-order chi connectivity index (χ1) is 22.1. The van der Waals surface area contributed by atoms with Crippen LogP contribution in [0.2, 0.25) is 0 Å². The number of hydrogen-bond acceptors (Lipinski definition) is 1. The molecular weight excluding hydrogens is 544 g/mol. The summed E-state index contributed by atoms with van der Waals surface area (Å²) >= 11 is 0. The summed E-state index contributed by atoms with van der Waals surface area (Å²) in [5.74, 6) is 0. The molecule has 2 nitrogen and oxygen atoms in total. The highest BCUT2D eigenvalue weighted by atomic mass is 15.1. The number of anilines is 3. The molecule has 6 aromatic carbocycles. The van der Waals surface area contributed by atoms with Gasteiger partial charge in [-0.2, -0.15) is 0 Å². The Morgan fingerprint density at radius 2 is 1.00 bits per heavy atom. The zero-order chi connectivity index (χ0) is 30.8. The van der Waals surface area contributed by atoms with Gasteiger partial charge < -0.3 is 9.47 Å². The van der Waals surface area contributed by atoms with Gasteiger partial charge in [-0.3, -0.25) is 0 Å². The number of nitrogens with zero attached hydrogens (tertiary/aromatic N) is 2. The number of aromatic nitrogens is 1. The molecule has 0 N–H and O–H groups in total. The second-order valence-electron chi connectivity index (χ2n) is 11.2. The average molecular weight is 579 g/mol. The maximum atomic E-state index is 4.18. The van der Waals surface area contributed by atoms with Crippen molar-refractivity contribution in [2.45, 2.75) is 6.92 Å². The van der Waals surface area contributed by atoms with E-state index in [2.05, 4.69) is 175 Å². The molecule has 0 aliphatic carbocycles. The summed E-state index contributed by atoms with van der Waals surface area (Å²) in [5, 5.41) is 1.13. The van der Waals surface area contributed by atoms with Gasteiger partial charge in [0, 0.05) is 33.7 Å². The summed E-state index contributed by atoms with van der Waals surface area (Å²) in [6, 6.07) is 54.0. The van der Waals surface area contributed by atoms with Crippen LogP contribution in [0.4, 0.5) is 17.1 Å². The van der Waals surface area contributed by atoms with Crippen LogP contribution in [0.1, 0.15) is 16.8 Å². The average Bonchev–Trinajstić information content (AvgIpc) is 3.43. The zero-order valence-corrected chi connectivity index (χ0v) is 25.4. The lowest BCUT2D eigenvalue weighted by molar-refractivity contribution is 1.11. The highest BCUT2D eigenvalue weighted by molar-refractivity contribution is 5.98. The fraction of sp³-hybridized carbons (Fsp3) is 0.0233. The Balaban J connectivity index is 1.29. The van der Waals surface area contributed by atoms with Crippen molar-refractivity contribution in [2.75, 3.05) is 4.90 Å². The lowest BCUT2D eigenvalue weighted by Crippen LogP contribution is -2.09. The SMILES string of the molecule is C=Cc1c(C=C)n(-c2ccccc2)c2ccc(N(c3ccccc3)c3ccc(-c4ccc(-c5ccc(C)cc5)cc4)cc3)cc12. The number of aryl methyl sites for hydroxylation is 1. The van der Waals surface area contributed by atoms with E-state index < -0.39 is 0 Å². The lowest BCUT2D eigenvalue weighted by atomic mass is 9.99. The third-order valence-electron chi connectivity index (χ3n) is 8.44. The normalized spacial score (nSPS) is 11.0. The van der Waals surface area contributed by atoms with Gasteiger partial charge >= 0.3 is 0 Å². The van der Waals surface area contributed by atoms with Crippen LogP contribution < -0.4 is 4.90 Å². The Hall–Kier alpha value is -5.86. The summed E-state index contributed by atoms with van der Waals surface area (Å²) in [6.07, 6.45) is 3.86. The van der Waals surface area contributed by atoms with Gasteiger partial charge in [0.25, 0.3) is 0 Å². The van der Waals surface area contributed by atoms with Crippen molar-refractivity contribution in [3.8, 4) is 27.9 Å². The molecule has 0 saturated heterocycles. The first kappa shape index (κ1) is 27.9. The van der Waals surface area contributed by atoms with Crippen molar-refractivity contribution in [3.63, 3.8) is 0 Å². The minimum absolute atomic E-state index is 1.03. The standard InChI is InChI=1S/C43H34N2/c1-4-40-41-30-39(28-29-43(41)45(42(40)5-2)37-14-10-7-11-15-37)44(36-12-8-6-9-13-36)38-26-24-35(25-27-38)34-22-20-33(21-23-34)32-18-16-31(3)17-19-32/h4-30H,1-2H2,3H3. The maximum absolute atomic E-state index is 4.18. The minimum Gasteiger partial charge on any atom is -0.310 e. The molecule has 0 fully saturated rings. The highest BCUT2D eigenvalue weighted by Gasteiger charge is 2.18. The molecule has 0 saturated carbocycles. The predicted molar refractivity (Wildman–Crippen MR) is 194 cm³/mol. The van der Waals surface area contributed by atoms with Crippen LogP contribution in [0.15, 0.2) is 165 Å². The largest absolute Gasteiger partial charge is 0.310 e. The summed E-state index contributed by atoms with van der Waals surface area (Å²) in [6.45, 7) is 10.4. The van der Waals surface area contributed by atoms with Crippen molar-refractivity contribution in [1.82, 2.24) is 4.57 Å². The van der Waals surface area contributed by atoms with Crippen LogP contribution in [0.5, 0.6) is 0 Å². The second kappa shape index (κ2) is 12.0. The molecule has 0 aliphatic heterocycles. The Kier molecular flexibility index (Phi) is 7.47. The minimum atomic E-state index is 1.03. The lowest BCUT2D eigenvalue weighted by Gasteiger charge is -2.26. The Labute approximate surface area is 265 Å². The molecule has 0 atom stereocenters. The van der Waals surface area contributed by atoms with E-state index in [-0.39, 0.29) is 0 Å². The van der Waals surface area contributed by atoms with Crippen molar-refractivity contribution in [1.29, 1.82) is 0 Å². The summed E-state index contributed by atoms with van der Waals surface area (Å²) in [7, 11) is 0. The van der Waals surface area contributed by atoms with Gasteiger partial charge in [-0.25, -0.2) is 0 Å². The molecule has 2 heteroatoms. The van der Waals surface area contributed by atoms with E-state index in [4.69, 9.17) is 0 Å². The molecule has 45 heavy (non-hydrogen) atoms. The fourth-order valence-corrected chi connectivity index (χ4v) is 6.16. The van der Waals surface area contributed by atoms with Crippen LogP contribution in [-0.2, 0) is 0 Å². The summed E-state index contributed by atoms with van der Waals surface area (Å²) in [4.78, 5) is 2.31. The van der Waals surface area contributed by atoms with E-state index in [1.54, 1.807) is 0 Å². The van der Waals surface area contributed by atoms with Gasteiger partial charge in [-0.1, -0.05) is 122 Å². The van der Waals surface area contributed by atoms with Crippen LogP contribution in [0, 0.1) is 6.92 Å². The van der Waals surface area contributed by atoms with Gasteiger partial charge in [0.2, 0.25) is 0 Å². The quantitative estimate of drug-likeness (QED) is 0.174. The molecule has 1 aromatic heterocycles. The van der Waals surface area contributed by atoms with E-state index >= 15 is 0 Å². The summed E-state index contributed by atoms with van der Waals surface area (Å²) < 4.78 is 2.26. The maximum Gasteiger partial charge on any atom is 0.0542 e. The van der Waals surface area contributed by atoms with E-state index in [9.17, 15) is 0 Å². The monoisotopic (exact) mass is 578 g/mol. The van der Waals surface area contributed by atoms with E-state index in [1.165, 1.54) is 27.8 Å². The highest BCUT2D eigenvalue weighted by Crippen LogP contribution is 2.40. The third kappa shape index (κ3) is 5.28. The molecule has 0 bridgehead atoms. The van der Waals surface area contributed by atoms with Crippen LogP contribution in [0.3, 0.4) is 0 Å². The molecule has 7 aromatic rings. The zero-order valence-electron chi connectivity index (χ0n) is 25.4. The Morgan fingerprint density at radius 3 is 1.56 bits per heavy atom. The van der Waals surface area contributed by atoms with Gasteiger partial charge in [-0.05, 0) is 89.9 Å². The van der Waals surface area contributed by atoms with Crippen LogP contribution in [0.25, 0.3) is 51.0 Å². The fourth-order valence-electron chi connectivity index (χ4n) is 6.16. The van der Waals surface area contributed by atoms with Gasteiger partial charge in [-0.15, -0.1) is 0 Å². The number of hydrogen-bond donors (Lipinski definition) is 0. The Morgan fingerprint density at radius 1 is 0.511 bits per heavy atom. The number of fused-ring (bicyclic) bond motifs is 1. The first-order valence-electron chi connectivity index (χ1n) is 15.3. The second-order valence-corrected chi connectivity index (χ2v) is 11.2. The molecule has 216 valence electrons. The van der Waals surface area contributed by atoms with Crippen molar-refractivity contribution < 1.29 is 0 Å². The molecular formula is C43H34N2. The number of benzene rings is 6. The molecule has 0 radical (unpaired) electrons. The van der Waals surface area contributed by atoms with E-state index in [1.807, 2.05) is 18.2 Å². The van der Waals surface area contributed by atoms with Gasteiger partial charge in [0.15, 0.2) is 0 Å². The van der Waals surface area contributed by atoms with Crippen molar-refractivity contribution in [3.05, 3.63) is 182 Å². The van der Waals surface area contributed by atoms with Gasteiger partial charge in [0.05, 0.1) is 11.2 Å². The van der Waals surface area contributed by atoms with Crippen molar-refractivity contribution >= 4 is 40.1 Å². The topological polar surface area (TPSA) is 8.17 Å². The van der Waals surface area contributed by atoms with Crippen molar-refractivity contribution in [2.24, 2.45) is 0 Å². The Bertz CT molecular complexity index is 2100. The molecule has 0 aliphatic rings. The van der Waals surface area contributed by atoms with Crippen LogP contribution >= 0.6 is 0 Å². The van der Waals surface area contributed by atoms with E-state index in [0.717, 1.165) is 44.9 Å². The van der Waals surface area contributed by atoms with Gasteiger partial charge in [0.1, 0.15) is 0 Å². The first-order valence-corrected chi connectivity index (χ1v) is 15.3.